The molecule has 1 atom stereocenters. The van der Waals surface area contributed by atoms with Crippen molar-refractivity contribution in [3.8, 4) is 0 Å². The van der Waals surface area contributed by atoms with E-state index in [1.807, 2.05) is 6.92 Å². The second-order valence-corrected chi connectivity index (χ2v) is 10.00. The first-order valence-corrected chi connectivity index (χ1v) is 11.9. The maximum absolute atomic E-state index is 13.0. The average molecular weight is 423 g/mol. The van der Waals surface area contributed by atoms with E-state index in [1.165, 1.54) is 21.7 Å². The molecule has 1 aromatic carbocycles. The molecular formula is C19H26N4O3S2. The van der Waals surface area contributed by atoms with Gasteiger partial charge in [-0.1, -0.05) is 37.2 Å². The van der Waals surface area contributed by atoms with Gasteiger partial charge in [0.05, 0.1) is 4.90 Å². The number of carbonyl (C=O) groups excluding carboxylic acids is 1. The molecule has 1 saturated heterocycles. The number of benzene rings is 1. The second kappa shape index (κ2) is 9.11. The largest absolute Gasteiger partial charge is 0.296 e. The normalized spacial score (nSPS) is 18.1. The van der Waals surface area contributed by atoms with Gasteiger partial charge < -0.3 is 0 Å². The van der Waals surface area contributed by atoms with E-state index in [-0.39, 0.29) is 22.4 Å². The summed E-state index contributed by atoms with van der Waals surface area (Å²) in [7, 11) is -3.62. The van der Waals surface area contributed by atoms with Crippen LogP contribution in [0.5, 0.6) is 0 Å². The molecular weight excluding hydrogens is 396 g/mol. The molecule has 1 N–H and O–H groups in total. The van der Waals surface area contributed by atoms with Gasteiger partial charge in [0.2, 0.25) is 15.2 Å². The number of piperidine rings is 1. The van der Waals surface area contributed by atoms with Gasteiger partial charge in [-0.15, -0.1) is 10.2 Å². The summed E-state index contributed by atoms with van der Waals surface area (Å²) in [6.45, 7) is 4.56. The van der Waals surface area contributed by atoms with Gasteiger partial charge in [-0.25, -0.2) is 8.42 Å². The summed E-state index contributed by atoms with van der Waals surface area (Å²) in [6, 6.07) is 6.15. The predicted molar refractivity (Wildman–Crippen MR) is 110 cm³/mol. The number of hydrogen-bond donors (Lipinski definition) is 1. The summed E-state index contributed by atoms with van der Waals surface area (Å²) in [6.07, 6.45) is 5.69. The first-order valence-electron chi connectivity index (χ1n) is 9.67. The number of sulfonamides is 1. The van der Waals surface area contributed by atoms with Crippen molar-refractivity contribution in [2.75, 3.05) is 11.9 Å². The molecule has 9 heteroatoms. The number of nitrogens with one attached hydrogen (secondary N) is 1. The van der Waals surface area contributed by atoms with Gasteiger partial charge in [0.15, 0.2) is 0 Å². The third-order valence-corrected chi connectivity index (χ3v) is 7.78. The number of nitrogens with zero attached hydrogens (tertiary/aromatic N) is 3. The van der Waals surface area contributed by atoms with Crippen molar-refractivity contribution >= 4 is 32.4 Å². The summed E-state index contributed by atoms with van der Waals surface area (Å²) in [5.41, 5.74) is 0.288. The van der Waals surface area contributed by atoms with Crippen molar-refractivity contribution in [2.45, 2.75) is 63.3 Å². The van der Waals surface area contributed by atoms with Crippen LogP contribution in [-0.2, 0) is 16.4 Å². The number of carbonyl (C=O) groups is 1. The van der Waals surface area contributed by atoms with Crippen LogP contribution in [0, 0.1) is 0 Å². The van der Waals surface area contributed by atoms with Crippen LogP contribution in [0.4, 0.5) is 5.13 Å². The summed E-state index contributed by atoms with van der Waals surface area (Å²) in [5.74, 6) is -0.387. The zero-order chi connectivity index (χ0) is 20.1. The lowest BCUT2D eigenvalue weighted by Crippen LogP contribution is -2.41. The molecule has 7 nitrogen and oxygen atoms in total. The molecule has 1 fully saturated rings. The Bertz CT molecular complexity index is 927. The van der Waals surface area contributed by atoms with Crippen molar-refractivity contribution in [2.24, 2.45) is 0 Å². The highest BCUT2D eigenvalue weighted by Gasteiger charge is 2.31. The average Bonchev–Trinajstić information content (AvgIpc) is 3.14. The maximum Gasteiger partial charge on any atom is 0.257 e. The Balaban J connectivity index is 1.75. The molecule has 0 bridgehead atoms. The van der Waals surface area contributed by atoms with Crippen molar-refractivity contribution in [3.63, 3.8) is 0 Å². The van der Waals surface area contributed by atoms with Crippen molar-refractivity contribution in [1.29, 1.82) is 0 Å². The summed E-state index contributed by atoms with van der Waals surface area (Å²) < 4.78 is 27.6. The zero-order valence-corrected chi connectivity index (χ0v) is 17.9. The Labute approximate surface area is 170 Å². The van der Waals surface area contributed by atoms with Gasteiger partial charge in [0.25, 0.3) is 5.91 Å². The molecule has 0 aliphatic carbocycles. The first-order chi connectivity index (χ1) is 13.4. The lowest BCUT2D eigenvalue weighted by atomic mass is 10.1. The highest BCUT2D eigenvalue weighted by Crippen LogP contribution is 2.26. The standard InChI is InChI=1S/C19H26N4O3S2/c1-3-4-11-17-21-22-19(27-17)20-18(24)15-9-7-10-16(13-15)28(25,26)23-12-6-5-8-14(23)2/h7,9-10,13-14H,3-6,8,11-12H2,1-2H3,(H,20,22,24). The van der Waals surface area contributed by atoms with Crippen LogP contribution in [0.15, 0.2) is 29.2 Å². The number of unbranched alkanes of at least 4 members (excludes halogenated alkanes) is 1. The van der Waals surface area contributed by atoms with E-state index in [0.717, 1.165) is 43.5 Å². The van der Waals surface area contributed by atoms with Crippen LogP contribution in [0.3, 0.4) is 0 Å². The minimum Gasteiger partial charge on any atom is -0.296 e. The third kappa shape index (κ3) is 4.76. The minimum absolute atomic E-state index is 0.0285. The van der Waals surface area contributed by atoms with E-state index in [9.17, 15) is 13.2 Å². The molecule has 0 radical (unpaired) electrons. The number of rotatable bonds is 7. The second-order valence-electron chi connectivity index (χ2n) is 7.05. The number of hydrogen-bond acceptors (Lipinski definition) is 6. The SMILES string of the molecule is CCCCc1nnc(NC(=O)c2cccc(S(=O)(=O)N3CCCCC3C)c2)s1. The number of aromatic nitrogens is 2. The molecule has 2 aromatic rings. The van der Waals surface area contributed by atoms with Gasteiger partial charge in [-0.05, 0) is 44.4 Å². The Morgan fingerprint density at radius 2 is 2.14 bits per heavy atom. The molecule has 1 unspecified atom stereocenters. The fourth-order valence-corrected chi connectivity index (χ4v) is 5.79. The fourth-order valence-electron chi connectivity index (χ4n) is 3.26. The fraction of sp³-hybridized carbons (Fsp3) is 0.526. The highest BCUT2D eigenvalue weighted by molar-refractivity contribution is 7.89. The van der Waals surface area contributed by atoms with E-state index in [1.54, 1.807) is 18.2 Å². The Morgan fingerprint density at radius 1 is 1.32 bits per heavy atom. The van der Waals surface area contributed by atoms with E-state index in [2.05, 4.69) is 22.4 Å². The lowest BCUT2D eigenvalue weighted by Gasteiger charge is -2.32. The van der Waals surface area contributed by atoms with Crippen molar-refractivity contribution in [3.05, 3.63) is 34.8 Å². The van der Waals surface area contributed by atoms with Crippen LogP contribution < -0.4 is 5.32 Å². The van der Waals surface area contributed by atoms with E-state index < -0.39 is 10.0 Å². The number of anilines is 1. The van der Waals surface area contributed by atoms with Crippen molar-refractivity contribution in [1.82, 2.24) is 14.5 Å². The Hall–Kier alpha value is -1.84. The van der Waals surface area contributed by atoms with Crippen LogP contribution in [0.2, 0.25) is 0 Å². The van der Waals surface area contributed by atoms with Crippen molar-refractivity contribution < 1.29 is 13.2 Å². The van der Waals surface area contributed by atoms with Gasteiger partial charge in [0.1, 0.15) is 5.01 Å². The number of aryl methyl sites for hydroxylation is 1. The summed E-state index contributed by atoms with van der Waals surface area (Å²) in [5, 5.41) is 12.1. The monoisotopic (exact) mass is 422 g/mol. The first kappa shape index (κ1) is 20.9. The van der Waals surface area contributed by atoms with E-state index in [4.69, 9.17) is 0 Å². The molecule has 3 rings (SSSR count). The van der Waals surface area contributed by atoms with Crippen LogP contribution >= 0.6 is 11.3 Å². The third-order valence-electron chi connectivity index (χ3n) is 4.88. The Morgan fingerprint density at radius 3 is 2.89 bits per heavy atom. The molecule has 28 heavy (non-hydrogen) atoms. The molecule has 152 valence electrons. The zero-order valence-electron chi connectivity index (χ0n) is 16.2. The van der Waals surface area contributed by atoms with Crippen LogP contribution in [-0.4, -0.2) is 41.4 Å². The van der Waals surface area contributed by atoms with Gasteiger partial charge in [-0.3, -0.25) is 10.1 Å². The topological polar surface area (TPSA) is 92.3 Å². The quantitative estimate of drug-likeness (QED) is 0.734. The maximum atomic E-state index is 13.0. The lowest BCUT2D eigenvalue weighted by molar-refractivity contribution is 0.102. The predicted octanol–water partition coefficient (Wildman–Crippen LogP) is 3.70. The van der Waals surface area contributed by atoms with E-state index in [0.29, 0.717) is 11.7 Å². The van der Waals surface area contributed by atoms with Gasteiger partial charge in [-0.2, -0.15) is 4.31 Å². The Kier molecular flexibility index (Phi) is 6.79. The van der Waals surface area contributed by atoms with E-state index >= 15 is 0 Å². The van der Waals surface area contributed by atoms with Crippen LogP contribution in [0.1, 0.15) is 61.3 Å². The molecule has 1 aromatic heterocycles. The smallest absolute Gasteiger partial charge is 0.257 e. The molecule has 1 aliphatic rings. The van der Waals surface area contributed by atoms with Gasteiger partial charge >= 0.3 is 0 Å². The summed E-state index contributed by atoms with van der Waals surface area (Å²) in [4.78, 5) is 12.7. The van der Waals surface area contributed by atoms with Gasteiger partial charge in [0, 0.05) is 24.6 Å². The molecule has 2 heterocycles. The highest BCUT2D eigenvalue weighted by atomic mass is 32.2. The number of amides is 1. The molecule has 1 aliphatic heterocycles. The molecule has 0 saturated carbocycles. The summed E-state index contributed by atoms with van der Waals surface area (Å²) >= 11 is 1.35. The minimum atomic E-state index is -3.62. The van der Waals surface area contributed by atoms with Crippen LogP contribution in [0.25, 0.3) is 0 Å². The molecule has 1 amide bonds. The molecule has 0 spiro atoms.